The van der Waals surface area contributed by atoms with Gasteiger partial charge in [0.2, 0.25) is 23.6 Å². The minimum absolute atomic E-state index is 0.0456. The average Bonchev–Trinajstić information content (AvgIpc) is 3.24. The molecule has 300 valence electrons. The second-order valence-electron chi connectivity index (χ2n) is 14.3. The molecule has 0 bridgehead atoms. The number of carbonyl (C=O) groups is 4. The molecule has 2 aliphatic carbocycles. The number of hydrogen-bond acceptors (Lipinski definition) is 4. The van der Waals surface area contributed by atoms with Crippen molar-refractivity contribution in [2.75, 3.05) is 0 Å². The van der Waals surface area contributed by atoms with Gasteiger partial charge in [0.25, 0.3) is 0 Å². The Kier molecular flexibility index (Phi) is 17.6. The number of nitrogens with one attached hydrogen (secondary N) is 4. The predicted molar refractivity (Wildman–Crippen MR) is 237 cm³/mol. The molecule has 8 nitrogen and oxygen atoms in total. The van der Waals surface area contributed by atoms with E-state index in [2.05, 4.69) is 21.3 Å². The SMILES string of the molecule is O=C(C=Cc1ccc(Cl)cc1)NC1CCCCC1NC(=O)C=Cc1ccc(Cl)cc1.O=C(C=Cc1ccccc1)NC1CCCCC1NC(=O)C=Cc1ccccc1. The summed E-state index contributed by atoms with van der Waals surface area (Å²) in [7, 11) is 0. The Hall–Kier alpha value is -5.70. The third kappa shape index (κ3) is 15.7. The third-order valence-electron chi connectivity index (χ3n) is 9.89. The Morgan fingerprint density at radius 3 is 0.879 bits per heavy atom. The molecule has 4 N–H and O–H groups in total. The number of carbonyl (C=O) groups excluding carboxylic acids is 4. The van der Waals surface area contributed by atoms with Crippen molar-refractivity contribution in [3.63, 3.8) is 0 Å². The topological polar surface area (TPSA) is 116 Å². The number of amides is 4. The van der Waals surface area contributed by atoms with Gasteiger partial charge >= 0.3 is 0 Å². The fraction of sp³-hybridized carbons (Fsp3) is 0.250. The van der Waals surface area contributed by atoms with Crippen molar-refractivity contribution >= 4 is 71.1 Å². The van der Waals surface area contributed by atoms with Gasteiger partial charge in [-0.2, -0.15) is 0 Å². The van der Waals surface area contributed by atoms with Crippen LogP contribution in [0.1, 0.15) is 73.6 Å². The second-order valence-corrected chi connectivity index (χ2v) is 15.2. The van der Waals surface area contributed by atoms with Gasteiger partial charge < -0.3 is 21.3 Å². The Balaban J connectivity index is 0.000000221. The first-order chi connectivity index (χ1) is 28.2. The molecular formula is C48H50Cl2N4O4. The van der Waals surface area contributed by atoms with E-state index in [4.69, 9.17) is 23.2 Å². The normalized spacial score (nSPS) is 19.3. The summed E-state index contributed by atoms with van der Waals surface area (Å²) in [6, 6.07) is 33.7. The highest BCUT2D eigenvalue weighted by atomic mass is 35.5. The highest BCUT2D eigenvalue weighted by Crippen LogP contribution is 2.20. The maximum absolute atomic E-state index is 12.4. The lowest BCUT2D eigenvalue weighted by Gasteiger charge is -2.32. The van der Waals surface area contributed by atoms with Gasteiger partial charge in [-0.05, 0) is 96.5 Å². The fourth-order valence-electron chi connectivity index (χ4n) is 6.84. The lowest BCUT2D eigenvalue weighted by atomic mass is 9.90. The minimum atomic E-state index is -0.173. The molecule has 4 amide bonds. The summed E-state index contributed by atoms with van der Waals surface area (Å²) in [6.45, 7) is 0. The number of hydrogen-bond donors (Lipinski definition) is 4. The molecule has 0 heterocycles. The van der Waals surface area contributed by atoms with E-state index in [1.165, 1.54) is 12.2 Å². The van der Waals surface area contributed by atoms with Gasteiger partial charge in [0, 0.05) is 58.5 Å². The van der Waals surface area contributed by atoms with Crippen LogP contribution >= 0.6 is 23.2 Å². The van der Waals surface area contributed by atoms with E-state index < -0.39 is 0 Å². The van der Waals surface area contributed by atoms with Crippen LogP contribution < -0.4 is 21.3 Å². The summed E-state index contributed by atoms with van der Waals surface area (Å²) in [4.78, 5) is 49.3. The van der Waals surface area contributed by atoms with E-state index in [9.17, 15) is 19.2 Å². The third-order valence-corrected chi connectivity index (χ3v) is 10.4. The van der Waals surface area contributed by atoms with E-state index >= 15 is 0 Å². The Labute approximate surface area is 351 Å². The summed E-state index contributed by atoms with van der Waals surface area (Å²) < 4.78 is 0. The van der Waals surface area contributed by atoms with Gasteiger partial charge in [-0.25, -0.2) is 0 Å². The van der Waals surface area contributed by atoms with Crippen molar-refractivity contribution in [1.29, 1.82) is 0 Å². The van der Waals surface area contributed by atoms with Crippen LogP contribution in [0.4, 0.5) is 0 Å². The minimum Gasteiger partial charge on any atom is -0.348 e. The molecule has 2 aliphatic rings. The molecule has 0 aliphatic heterocycles. The Bertz CT molecular complexity index is 1900. The largest absolute Gasteiger partial charge is 0.348 e. The Morgan fingerprint density at radius 1 is 0.379 bits per heavy atom. The maximum atomic E-state index is 12.4. The van der Waals surface area contributed by atoms with Crippen molar-refractivity contribution in [2.24, 2.45) is 0 Å². The molecular weight excluding hydrogens is 767 g/mol. The first-order valence-electron chi connectivity index (χ1n) is 19.8. The van der Waals surface area contributed by atoms with Crippen molar-refractivity contribution in [3.05, 3.63) is 166 Å². The maximum Gasteiger partial charge on any atom is 0.244 e. The quantitative estimate of drug-likeness (QED) is 0.107. The molecule has 58 heavy (non-hydrogen) atoms. The van der Waals surface area contributed by atoms with Crippen LogP contribution in [-0.2, 0) is 19.2 Å². The zero-order chi connectivity index (χ0) is 41.0. The van der Waals surface area contributed by atoms with Crippen molar-refractivity contribution in [1.82, 2.24) is 21.3 Å². The molecule has 0 radical (unpaired) electrons. The summed E-state index contributed by atoms with van der Waals surface area (Å²) in [5.41, 5.74) is 3.76. The average molecular weight is 818 g/mol. The number of rotatable bonds is 12. The van der Waals surface area contributed by atoms with Crippen LogP contribution in [0, 0.1) is 0 Å². The van der Waals surface area contributed by atoms with Gasteiger partial charge in [0.15, 0.2) is 0 Å². The van der Waals surface area contributed by atoms with Crippen LogP contribution in [0.5, 0.6) is 0 Å². The zero-order valence-electron chi connectivity index (χ0n) is 32.4. The van der Waals surface area contributed by atoms with Crippen LogP contribution in [0.15, 0.2) is 133 Å². The van der Waals surface area contributed by atoms with Gasteiger partial charge in [-0.1, -0.05) is 134 Å². The van der Waals surface area contributed by atoms with Crippen LogP contribution in [0.2, 0.25) is 10.0 Å². The van der Waals surface area contributed by atoms with Gasteiger partial charge in [0.05, 0.1) is 0 Å². The van der Waals surface area contributed by atoms with E-state index in [1.54, 1.807) is 60.7 Å². The van der Waals surface area contributed by atoms with Gasteiger partial charge in [-0.3, -0.25) is 19.2 Å². The lowest BCUT2D eigenvalue weighted by Crippen LogP contribution is -2.52. The molecule has 4 aromatic carbocycles. The molecule has 2 saturated carbocycles. The summed E-state index contributed by atoms with van der Waals surface area (Å²) in [6.07, 6.45) is 20.8. The lowest BCUT2D eigenvalue weighted by molar-refractivity contribution is -0.120. The summed E-state index contributed by atoms with van der Waals surface area (Å²) in [5, 5.41) is 13.5. The summed E-state index contributed by atoms with van der Waals surface area (Å²) in [5.74, 6) is -0.606. The smallest absolute Gasteiger partial charge is 0.244 e. The molecule has 0 saturated heterocycles. The molecule has 0 aromatic heterocycles. The highest BCUT2D eigenvalue weighted by Gasteiger charge is 2.28. The van der Waals surface area contributed by atoms with Crippen LogP contribution in [0.3, 0.4) is 0 Å². The monoisotopic (exact) mass is 816 g/mol. The standard InChI is InChI=1S/C24H24Cl2N2O2.C24H26N2O2/c25-19-11-5-17(6-12-19)9-15-23(29)27-21-3-1-2-4-22(21)28-24(30)16-10-18-7-13-20(26)14-8-18;27-23(17-15-19-9-3-1-4-10-19)25-21-13-7-8-14-22(21)26-24(28)18-16-20-11-5-2-6-12-20/h5-16,21-22H,1-4H2,(H,27,29)(H,28,30);1-6,9-12,15-18,21-22H,7-8,13-14H2,(H,25,27)(H,26,28). The molecule has 6 rings (SSSR count). The van der Waals surface area contributed by atoms with E-state index in [-0.39, 0.29) is 47.8 Å². The highest BCUT2D eigenvalue weighted by molar-refractivity contribution is 6.30. The molecule has 4 atom stereocenters. The second kappa shape index (κ2) is 23.5. The zero-order valence-corrected chi connectivity index (χ0v) is 33.9. The molecule has 0 spiro atoms. The summed E-state index contributed by atoms with van der Waals surface area (Å²) >= 11 is 11.8. The fourth-order valence-corrected chi connectivity index (χ4v) is 7.09. The van der Waals surface area contributed by atoms with Gasteiger partial charge in [0.1, 0.15) is 0 Å². The van der Waals surface area contributed by atoms with Gasteiger partial charge in [-0.15, -0.1) is 0 Å². The molecule has 10 heteroatoms. The van der Waals surface area contributed by atoms with E-state index in [0.29, 0.717) is 10.0 Å². The van der Waals surface area contributed by atoms with Crippen molar-refractivity contribution in [2.45, 2.75) is 75.5 Å². The Morgan fingerprint density at radius 2 is 0.621 bits per heavy atom. The predicted octanol–water partition coefficient (Wildman–Crippen LogP) is 9.22. The van der Waals surface area contributed by atoms with Crippen LogP contribution in [-0.4, -0.2) is 47.8 Å². The van der Waals surface area contributed by atoms with Crippen molar-refractivity contribution < 1.29 is 19.2 Å². The number of halogens is 2. The number of benzene rings is 4. The molecule has 2 fully saturated rings. The first-order valence-corrected chi connectivity index (χ1v) is 20.5. The molecule has 4 aromatic rings. The first kappa shape index (κ1) is 43.4. The van der Waals surface area contributed by atoms with E-state index in [1.807, 2.05) is 84.9 Å². The molecule has 4 unspecified atom stereocenters. The van der Waals surface area contributed by atoms with Crippen molar-refractivity contribution in [3.8, 4) is 0 Å². The van der Waals surface area contributed by atoms with E-state index in [0.717, 1.165) is 73.6 Å². The van der Waals surface area contributed by atoms with Crippen LogP contribution in [0.25, 0.3) is 24.3 Å².